The number of nitrogens with one attached hydrogen (secondary N) is 2. The Bertz CT molecular complexity index is 808. The van der Waals surface area contributed by atoms with Crippen LogP contribution in [0.1, 0.15) is 50.5 Å². The van der Waals surface area contributed by atoms with Crippen molar-refractivity contribution in [3.8, 4) is 0 Å². The van der Waals surface area contributed by atoms with E-state index < -0.39 is 23.7 Å². The van der Waals surface area contributed by atoms with Crippen LogP contribution in [0.2, 0.25) is 0 Å². The summed E-state index contributed by atoms with van der Waals surface area (Å²) < 4.78 is 37.6. The Kier molecular flexibility index (Phi) is 4.23. The van der Waals surface area contributed by atoms with Crippen LogP contribution in [0.25, 0.3) is 0 Å². The maximum atomic E-state index is 12.5. The number of amides is 2. The van der Waals surface area contributed by atoms with Crippen LogP contribution in [0, 0.1) is 0 Å². The highest BCUT2D eigenvalue weighted by molar-refractivity contribution is 6.06. The molecule has 6 nitrogen and oxygen atoms in total. The number of hydrogen-bond donors (Lipinski definition) is 3. The number of halogens is 3. The molecule has 4 N–H and O–H groups in total. The summed E-state index contributed by atoms with van der Waals surface area (Å²) in [6.07, 6.45) is -0.0648. The summed E-state index contributed by atoms with van der Waals surface area (Å²) in [7, 11) is 0. The lowest BCUT2D eigenvalue weighted by Gasteiger charge is -2.07. The SMILES string of the molecule is NC(=O)c1c(Cc2ccc(C(F)(F)F)nc2)c[nH]c1C(=O)NC1CC1. The quantitative estimate of drug-likeness (QED) is 0.767. The molecular weight excluding hydrogens is 337 g/mol. The van der Waals surface area contributed by atoms with E-state index in [9.17, 15) is 22.8 Å². The molecule has 2 aromatic rings. The molecule has 0 aromatic carbocycles. The number of alkyl halides is 3. The number of hydrogen-bond acceptors (Lipinski definition) is 3. The number of nitrogens with two attached hydrogens (primary N) is 1. The van der Waals surface area contributed by atoms with Crippen molar-refractivity contribution < 1.29 is 22.8 Å². The number of pyridine rings is 1. The van der Waals surface area contributed by atoms with Gasteiger partial charge in [0.05, 0.1) is 5.56 Å². The minimum atomic E-state index is -4.51. The fourth-order valence-corrected chi connectivity index (χ4v) is 2.47. The van der Waals surface area contributed by atoms with Crippen molar-refractivity contribution in [1.29, 1.82) is 0 Å². The van der Waals surface area contributed by atoms with Gasteiger partial charge >= 0.3 is 6.18 Å². The molecular formula is C16H15F3N4O2. The van der Waals surface area contributed by atoms with E-state index in [1.165, 1.54) is 12.3 Å². The molecule has 0 unspecified atom stereocenters. The molecule has 1 aliphatic carbocycles. The Morgan fingerprint density at radius 2 is 2.04 bits per heavy atom. The predicted octanol–water partition coefficient (Wildman–Crippen LogP) is 2.01. The highest BCUT2D eigenvalue weighted by atomic mass is 19.4. The predicted molar refractivity (Wildman–Crippen MR) is 81.8 cm³/mol. The van der Waals surface area contributed by atoms with Crippen molar-refractivity contribution in [2.75, 3.05) is 0 Å². The smallest absolute Gasteiger partial charge is 0.366 e. The largest absolute Gasteiger partial charge is 0.433 e. The minimum Gasteiger partial charge on any atom is -0.366 e. The first-order valence-electron chi connectivity index (χ1n) is 7.58. The standard InChI is InChI=1S/C16H15F3N4O2/c17-16(18,19)11-4-1-8(6-21-11)5-9-7-22-13(12(9)14(20)24)15(25)23-10-2-3-10/h1,4,6-7,10,22H,2-3,5H2,(H2,20,24)(H,23,25). The lowest BCUT2D eigenvalue weighted by Crippen LogP contribution is -2.28. The van der Waals surface area contributed by atoms with Crippen LogP contribution in [0.3, 0.4) is 0 Å². The molecule has 0 bridgehead atoms. The number of carbonyl (C=O) groups is 2. The second-order valence-electron chi connectivity index (χ2n) is 5.90. The fraction of sp³-hybridized carbons (Fsp3) is 0.312. The molecule has 9 heteroatoms. The molecule has 2 aromatic heterocycles. The van der Waals surface area contributed by atoms with Crippen molar-refractivity contribution >= 4 is 11.8 Å². The van der Waals surface area contributed by atoms with E-state index in [1.807, 2.05) is 0 Å². The van der Waals surface area contributed by atoms with Crippen molar-refractivity contribution in [2.45, 2.75) is 31.5 Å². The summed E-state index contributed by atoms with van der Waals surface area (Å²) in [6.45, 7) is 0. The van der Waals surface area contributed by atoms with E-state index in [4.69, 9.17) is 5.73 Å². The molecule has 0 aliphatic heterocycles. The van der Waals surface area contributed by atoms with E-state index in [1.54, 1.807) is 0 Å². The zero-order valence-corrected chi connectivity index (χ0v) is 13.0. The average molecular weight is 352 g/mol. The zero-order chi connectivity index (χ0) is 18.2. The topological polar surface area (TPSA) is 101 Å². The molecule has 1 aliphatic rings. The molecule has 132 valence electrons. The first-order chi connectivity index (χ1) is 11.8. The minimum absolute atomic E-state index is 0.0399. The van der Waals surface area contributed by atoms with E-state index in [0.717, 1.165) is 25.1 Å². The average Bonchev–Trinajstić information content (AvgIpc) is 3.23. The number of nitrogens with zero attached hydrogens (tertiary/aromatic N) is 1. The molecule has 0 spiro atoms. The number of rotatable bonds is 5. The molecule has 2 amide bonds. The van der Waals surface area contributed by atoms with E-state index >= 15 is 0 Å². The second kappa shape index (κ2) is 6.23. The van der Waals surface area contributed by atoms with E-state index in [0.29, 0.717) is 11.1 Å². The Morgan fingerprint density at radius 1 is 1.32 bits per heavy atom. The Morgan fingerprint density at radius 3 is 2.56 bits per heavy atom. The molecule has 0 radical (unpaired) electrons. The maximum Gasteiger partial charge on any atom is 0.433 e. The zero-order valence-electron chi connectivity index (χ0n) is 13.0. The van der Waals surface area contributed by atoms with E-state index in [2.05, 4.69) is 15.3 Å². The van der Waals surface area contributed by atoms with Gasteiger partial charge in [-0.05, 0) is 30.0 Å². The number of aromatic nitrogens is 2. The second-order valence-corrected chi connectivity index (χ2v) is 5.90. The van der Waals surface area contributed by atoms with Gasteiger partial charge < -0.3 is 16.0 Å². The van der Waals surface area contributed by atoms with Gasteiger partial charge in [0.1, 0.15) is 11.4 Å². The Hall–Kier alpha value is -2.84. The van der Waals surface area contributed by atoms with Crippen LogP contribution >= 0.6 is 0 Å². The van der Waals surface area contributed by atoms with Gasteiger partial charge in [-0.2, -0.15) is 13.2 Å². The molecule has 1 saturated carbocycles. The number of carbonyl (C=O) groups excluding carboxylic acids is 2. The van der Waals surface area contributed by atoms with Crippen molar-refractivity contribution in [2.24, 2.45) is 5.73 Å². The Balaban J connectivity index is 1.83. The summed E-state index contributed by atoms with van der Waals surface area (Å²) in [5.74, 6) is -1.20. The molecule has 25 heavy (non-hydrogen) atoms. The van der Waals surface area contributed by atoms with Crippen LogP contribution in [0.4, 0.5) is 13.2 Å². The molecule has 2 heterocycles. The third kappa shape index (κ3) is 3.81. The van der Waals surface area contributed by atoms with Gasteiger partial charge in [-0.1, -0.05) is 6.07 Å². The highest BCUT2D eigenvalue weighted by Crippen LogP contribution is 2.28. The molecule has 3 rings (SSSR count). The first-order valence-corrected chi connectivity index (χ1v) is 7.58. The fourth-order valence-electron chi connectivity index (χ4n) is 2.47. The van der Waals surface area contributed by atoms with Gasteiger partial charge in [0, 0.05) is 24.9 Å². The highest BCUT2D eigenvalue weighted by Gasteiger charge is 2.32. The number of primary amides is 1. The lowest BCUT2D eigenvalue weighted by molar-refractivity contribution is -0.141. The van der Waals surface area contributed by atoms with Gasteiger partial charge in [0.2, 0.25) is 0 Å². The normalized spacial score (nSPS) is 14.4. The molecule has 0 saturated heterocycles. The van der Waals surface area contributed by atoms with E-state index in [-0.39, 0.29) is 23.7 Å². The summed E-state index contributed by atoms with van der Waals surface area (Å²) in [5, 5.41) is 2.75. The summed E-state index contributed by atoms with van der Waals surface area (Å²) >= 11 is 0. The van der Waals surface area contributed by atoms with Gasteiger partial charge in [-0.15, -0.1) is 0 Å². The van der Waals surface area contributed by atoms with Crippen molar-refractivity contribution in [3.63, 3.8) is 0 Å². The van der Waals surface area contributed by atoms with Crippen LogP contribution in [-0.2, 0) is 12.6 Å². The lowest BCUT2D eigenvalue weighted by atomic mass is 10.0. The van der Waals surface area contributed by atoms with Crippen LogP contribution in [0.15, 0.2) is 24.5 Å². The number of H-pyrrole nitrogens is 1. The molecule has 0 atom stereocenters. The third-order valence-electron chi connectivity index (χ3n) is 3.86. The monoisotopic (exact) mass is 352 g/mol. The van der Waals surface area contributed by atoms with Crippen LogP contribution in [0.5, 0.6) is 0 Å². The summed E-state index contributed by atoms with van der Waals surface area (Å²) in [4.78, 5) is 30.0. The van der Waals surface area contributed by atoms with Crippen molar-refractivity contribution in [1.82, 2.24) is 15.3 Å². The summed E-state index contributed by atoms with van der Waals surface area (Å²) in [5.41, 5.74) is 5.37. The van der Waals surface area contributed by atoms with Crippen molar-refractivity contribution in [3.05, 3.63) is 52.6 Å². The molecule has 1 fully saturated rings. The van der Waals surface area contributed by atoms with Gasteiger partial charge in [0.25, 0.3) is 11.8 Å². The van der Waals surface area contributed by atoms with Gasteiger partial charge in [-0.25, -0.2) is 0 Å². The van der Waals surface area contributed by atoms with Gasteiger partial charge in [0.15, 0.2) is 0 Å². The third-order valence-corrected chi connectivity index (χ3v) is 3.86. The maximum absolute atomic E-state index is 12.5. The van der Waals surface area contributed by atoms with Gasteiger partial charge in [-0.3, -0.25) is 14.6 Å². The number of aromatic amines is 1. The Labute approximate surface area is 140 Å². The summed E-state index contributed by atoms with van der Waals surface area (Å²) in [6, 6.07) is 2.25. The van der Waals surface area contributed by atoms with Crippen LogP contribution in [-0.4, -0.2) is 27.8 Å². The van der Waals surface area contributed by atoms with Crippen LogP contribution < -0.4 is 11.1 Å². The first kappa shape index (κ1) is 17.0.